The van der Waals surface area contributed by atoms with E-state index in [0.29, 0.717) is 0 Å². The van der Waals surface area contributed by atoms with Crippen molar-refractivity contribution in [2.75, 3.05) is 14.1 Å². The summed E-state index contributed by atoms with van der Waals surface area (Å²) in [5.41, 5.74) is -4.14. The van der Waals surface area contributed by atoms with Crippen molar-refractivity contribution in [2.45, 2.75) is 13.8 Å². The van der Waals surface area contributed by atoms with E-state index >= 15 is 0 Å². The number of carboxylic acids is 2. The van der Waals surface area contributed by atoms with Crippen LogP contribution in [0.4, 0.5) is 0 Å². The topological polar surface area (TPSA) is 156 Å². The van der Waals surface area contributed by atoms with Crippen molar-refractivity contribution in [2.24, 2.45) is 0 Å². The quantitative estimate of drug-likeness (QED) is 0.194. The monoisotopic (exact) mass is 732 g/mol. The molecule has 0 unspecified atom stereocenters. The summed E-state index contributed by atoms with van der Waals surface area (Å²) in [6.07, 6.45) is 5.05. The molecule has 248 valence electrons. The van der Waals surface area contributed by atoms with Gasteiger partial charge in [-0.05, 0) is 50.2 Å². The van der Waals surface area contributed by atoms with Gasteiger partial charge in [-0.15, -0.1) is 0 Å². The molecule has 0 spiro atoms. The minimum absolute atomic E-state index is 0.0799. The Morgan fingerprint density at radius 3 is 1.19 bits per heavy atom. The van der Waals surface area contributed by atoms with Crippen LogP contribution in [0.2, 0.25) is 20.1 Å². The number of carbonyl (C=O) groups is 6. The zero-order valence-electron chi connectivity index (χ0n) is 25.4. The highest BCUT2D eigenvalue weighted by atomic mass is 35.5. The maximum Gasteiger partial charge on any atom is 0.340 e. The summed E-state index contributed by atoms with van der Waals surface area (Å²) < 4.78 is 0. The Morgan fingerprint density at radius 2 is 0.896 bits per heavy atom. The number of aliphatic carboxylic acids is 2. The summed E-state index contributed by atoms with van der Waals surface area (Å²) in [6, 6.07) is 7.91. The Balaban J connectivity index is 1.88. The number of allylic oxidation sites excluding steroid dienone is 4. The third-order valence-corrected chi connectivity index (χ3v) is 8.04. The van der Waals surface area contributed by atoms with Crippen molar-refractivity contribution in [3.05, 3.63) is 126 Å². The van der Waals surface area contributed by atoms with Gasteiger partial charge in [0.05, 0.1) is 21.2 Å². The van der Waals surface area contributed by atoms with Crippen molar-refractivity contribution in [3.8, 4) is 0 Å². The molecule has 2 aliphatic rings. The number of amides is 2. The number of hydrogen-bond donors (Lipinski definition) is 2. The number of halogens is 4. The van der Waals surface area contributed by atoms with Gasteiger partial charge in [-0.25, -0.2) is 9.59 Å². The van der Waals surface area contributed by atoms with E-state index in [-0.39, 0.29) is 42.6 Å². The molecule has 2 aromatic carbocycles. The second-order valence-corrected chi connectivity index (χ2v) is 12.1. The number of ketones is 2. The molecule has 2 aliphatic heterocycles. The molecule has 2 heterocycles. The van der Waals surface area contributed by atoms with Gasteiger partial charge in [0, 0.05) is 60.3 Å². The summed E-state index contributed by atoms with van der Waals surface area (Å²) in [5, 5.41) is 20.8. The molecule has 0 saturated heterocycles. The third kappa shape index (κ3) is 7.02. The van der Waals surface area contributed by atoms with Gasteiger partial charge in [0.25, 0.3) is 11.8 Å². The van der Waals surface area contributed by atoms with Crippen molar-refractivity contribution < 1.29 is 39.0 Å². The Bertz CT molecular complexity index is 1840. The van der Waals surface area contributed by atoms with Gasteiger partial charge in [0.1, 0.15) is 22.5 Å². The van der Waals surface area contributed by atoms with Gasteiger partial charge in [0.15, 0.2) is 0 Å². The maximum absolute atomic E-state index is 14.1. The highest BCUT2D eigenvalue weighted by Gasteiger charge is 2.41. The molecule has 4 rings (SSSR count). The molecule has 2 N–H and O–H groups in total. The summed E-state index contributed by atoms with van der Waals surface area (Å²) in [5.74, 6) is -8.92. The van der Waals surface area contributed by atoms with E-state index in [1.807, 2.05) is 0 Å². The first kappa shape index (κ1) is 36.0. The number of carbonyl (C=O) groups excluding carboxylic acids is 4. The first-order valence-electron chi connectivity index (χ1n) is 13.6. The van der Waals surface area contributed by atoms with Crippen LogP contribution < -0.4 is 0 Å². The van der Waals surface area contributed by atoms with Gasteiger partial charge in [-0.1, -0.05) is 46.4 Å². The Labute approximate surface area is 293 Å². The van der Waals surface area contributed by atoms with E-state index in [4.69, 9.17) is 46.4 Å². The fraction of sp³-hybridized carbons (Fsp3) is 0.125. The predicted octanol–water partition coefficient (Wildman–Crippen LogP) is 5.79. The molecule has 48 heavy (non-hydrogen) atoms. The summed E-state index contributed by atoms with van der Waals surface area (Å²) in [7, 11) is 2.95. The molecule has 2 amide bonds. The second kappa shape index (κ2) is 14.1. The Kier molecular flexibility index (Phi) is 10.5. The van der Waals surface area contributed by atoms with Crippen LogP contribution in [-0.2, 0) is 19.2 Å². The van der Waals surface area contributed by atoms with E-state index < -0.39 is 57.9 Å². The molecule has 0 atom stereocenters. The second-order valence-electron chi connectivity index (χ2n) is 10.4. The van der Waals surface area contributed by atoms with Gasteiger partial charge in [-0.3, -0.25) is 29.0 Å². The van der Waals surface area contributed by atoms with Gasteiger partial charge in [0.2, 0.25) is 11.6 Å². The summed E-state index contributed by atoms with van der Waals surface area (Å²) >= 11 is 24.4. The van der Waals surface area contributed by atoms with Crippen LogP contribution in [0.15, 0.2) is 95.1 Å². The van der Waals surface area contributed by atoms with E-state index in [1.54, 1.807) is 0 Å². The lowest BCUT2D eigenvalue weighted by atomic mass is 9.95. The lowest BCUT2D eigenvalue weighted by Crippen LogP contribution is -2.40. The number of rotatable bonds is 8. The first-order valence-corrected chi connectivity index (χ1v) is 15.1. The zero-order valence-corrected chi connectivity index (χ0v) is 28.4. The number of Topliss-reactive ketones (excluding diaryl/α,β-unsaturated/α-hetero) is 2. The summed E-state index contributed by atoms with van der Waals surface area (Å²) in [4.78, 5) is 85.5. The molecule has 0 radical (unpaired) electrons. The largest absolute Gasteiger partial charge is 0.478 e. The molecule has 2 aromatic rings. The van der Waals surface area contributed by atoms with E-state index in [2.05, 4.69) is 0 Å². The number of carboxylic acid groups (broad SMARTS) is 2. The average Bonchev–Trinajstić information content (AvgIpc) is 2.97. The van der Waals surface area contributed by atoms with Gasteiger partial charge < -0.3 is 20.0 Å². The van der Waals surface area contributed by atoms with E-state index in [9.17, 15) is 39.0 Å². The highest BCUT2D eigenvalue weighted by molar-refractivity contribution is 6.39. The van der Waals surface area contributed by atoms with Crippen LogP contribution in [-0.4, -0.2) is 79.2 Å². The molecule has 16 heteroatoms. The minimum Gasteiger partial charge on any atom is -0.478 e. The Morgan fingerprint density at radius 1 is 0.562 bits per heavy atom. The minimum atomic E-state index is -2.09. The lowest BCUT2D eigenvalue weighted by molar-refractivity contribution is -0.138. The fourth-order valence-corrected chi connectivity index (χ4v) is 5.96. The van der Waals surface area contributed by atoms with Crippen molar-refractivity contribution in [3.63, 3.8) is 0 Å². The lowest BCUT2D eigenvalue weighted by Gasteiger charge is -2.32. The standard InChI is InChI=1S/C32H24Cl4N4O8/c1-15-11-37(3)13-23(39(15)29(43)19-7-5-17(33)9-21(19)35)27(41)25(31(45)46)26(32(47)48)28(42)24-14-38(4)12-16(2)40(24)30(44)20-8-6-18(34)10-22(20)36/h5-14H,1-4H3,(H,45,46)(H,47,48). The van der Waals surface area contributed by atoms with Crippen LogP contribution in [0.25, 0.3) is 0 Å². The molecule has 0 saturated carbocycles. The van der Waals surface area contributed by atoms with E-state index in [0.717, 1.165) is 22.2 Å². The molecule has 0 bridgehead atoms. The number of benzene rings is 2. The number of hydrogen-bond acceptors (Lipinski definition) is 8. The normalized spacial score (nSPS) is 15.2. The van der Waals surface area contributed by atoms with Crippen LogP contribution >= 0.6 is 46.4 Å². The SMILES string of the molecule is CC1=CN(C)C=C(C(=O)C(C(=O)O)=C(C(=O)O)C(=O)C2=CN(C)C=C(C)N2C(=O)c2ccc(Cl)cc2Cl)N1C(=O)c1ccc(Cl)cc1Cl. The smallest absolute Gasteiger partial charge is 0.340 e. The molecular weight excluding hydrogens is 710 g/mol. The number of nitrogens with zero attached hydrogens (tertiary/aromatic N) is 4. The van der Waals surface area contributed by atoms with Crippen LogP contribution in [0.5, 0.6) is 0 Å². The predicted molar refractivity (Wildman–Crippen MR) is 177 cm³/mol. The highest BCUT2D eigenvalue weighted by Crippen LogP contribution is 2.32. The first-order chi connectivity index (χ1) is 22.4. The van der Waals surface area contributed by atoms with Gasteiger partial charge in [-0.2, -0.15) is 0 Å². The van der Waals surface area contributed by atoms with Crippen LogP contribution in [0.1, 0.15) is 34.6 Å². The maximum atomic E-state index is 14.1. The van der Waals surface area contributed by atoms with E-state index in [1.165, 1.54) is 86.5 Å². The van der Waals surface area contributed by atoms with Gasteiger partial charge >= 0.3 is 11.9 Å². The van der Waals surface area contributed by atoms with Crippen molar-refractivity contribution in [1.29, 1.82) is 0 Å². The molecule has 0 aromatic heterocycles. The fourth-order valence-electron chi connectivity index (χ4n) is 4.98. The molecule has 12 nitrogen and oxygen atoms in total. The Hall–Kier alpha value is -4.88. The summed E-state index contributed by atoms with van der Waals surface area (Å²) in [6.45, 7) is 2.88. The molecule has 0 aliphatic carbocycles. The van der Waals surface area contributed by atoms with Crippen molar-refractivity contribution >= 4 is 81.7 Å². The van der Waals surface area contributed by atoms with Crippen LogP contribution in [0, 0.1) is 0 Å². The van der Waals surface area contributed by atoms with Crippen molar-refractivity contribution in [1.82, 2.24) is 19.6 Å². The third-order valence-electron chi connectivity index (χ3n) is 6.95. The molecule has 0 fully saturated rings. The molecular formula is C32H24Cl4N4O8. The average molecular weight is 734 g/mol. The van der Waals surface area contributed by atoms with Crippen LogP contribution in [0.3, 0.4) is 0 Å². The zero-order chi connectivity index (χ0) is 35.8.